The monoisotopic (exact) mass is 239 g/mol. The zero-order valence-electron chi connectivity index (χ0n) is 10.9. The lowest BCUT2D eigenvalue weighted by molar-refractivity contribution is 0.0118. The molecule has 0 aliphatic rings. The van der Waals surface area contributed by atoms with Crippen LogP contribution in [0.4, 0.5) is 0 Å². The fourth-order valence-corrected chi connectivity index (χ4v) is 1.65. The molecular weight excluding hydrogens is 218 g/mol. The van der Waals surface area contributed by atoms with E-state index in [-0.39, 0.29) is 12.2 Å². The largest absolute Gasteiger partial charge is 0.493 e. The van der Waals surface area contributed by atoms with Gasteiger partial charge in [0.2, 0.25) is 0 Å². The van der Waals surface area contributed by atoms with Gasteiger partial charge in [0, 0.05) is 6.54 Å². The normalized spacial score (nSPS) is 12.6. The molecule has 2 N–H and O–H groups in total. The third-order valence-electron chi connectivity index (χ3n) is 2.43. The highest BCUT2D eigenvalue weighted by Gasteiger charge is 2.14. The Bertz CT molecular complexity index is 353. The van der Waals surface area contributed by atoms with Gasteiger partial charge < -0.3 is 19.9 Å². The van der Waals surface area contributed by atoms with Gasteiger partial charge in [0.15, 0.2) is 11.5 Å². The fourth-order valence-electron chi connectivity index (χ4n) is 1.65. The van der Waals surface area contributed by atoms with E-state index in [1.165, 1.54) is 0 Å². The maximum atomic E-state index is 5.74. The number of benzene rings is 1. The highest BCUT2D eigenvalue weighted by molar-refractivity contribution is 5.43. The summed E-state index contributed by atoms with van der Waals surface area (Å²) in [6.45, 7) is 4.42. The van der Waals surface area contributed by atoms with Gasteiger partial charge in [-0.2, -0.15) is 0 Å². The van der Waals surface area contributed by atoms with Gasteiger partial charge in [-0.3, -0.25) is 0 Å². The van der Waals surface area contributed by atoms with Gasteiger partial charge in [-0.1, -0.05) is 6.07 Å². The number of nitrogens with two attached hydrogens (primary N) is 1. The standard InChI is InChI=1S/C13H21NO3/c1-9(2)17-13(8-14)10-5-6-11(15-3)12(7-10)16-4/h5-7,9,13H,8,14H2,1-4H3/t13-/m0/s1. The second-order valence-electron chi connectivity index (χ2n) is 4.02. The second kappa shape index (κ2) is 6.47. The van der Waals surface area contributed by atoms with Crippen LogP contribution in [0.2, 0.25) is 0 Å². The summed E-state index contributed by atoms with van der Waals surface area (Å²) in [4.78, 5) is 0. The van der Waals surface area contributed by atoms with E-state index in [1.54, 1.807) is 14.2 Å². The summed E-state index contributed by atoms with van der Waals surface area (Å²) in [7, 11) is 3.23. The molecule has 0 heterocycles. The van der Waals surface area contributed by atoms with Crippen molar-refractivity contribution in [3.63, 3.8) is 0 Å². The maximum Gasteiger partial charge on any atom is 0.161 e. The molecule has 0 radical (unpaired) electrons. The van der Waals surface area contributed by atoms with Gasteiger partial charge in [0.05, 0.1) is 26.4 Å². The van der Waals surface area contributed by atoms with E-state index < -0.39 is 0 Å². The van der Waals surface area contributed by atoms with Crippen molar-refractivity contribution in [1.29, 1.82) is 0 Å². The van der Waals surface area contributed by atoms with E-state index in [2.05, 4.69) is 0 Å². The smallest absolute Gasteiger partial charge is 0.161 e. The van der Waals surface area contributed by atoms with E-state index >= 15 is 0 Å². The Hall–Kier alpha value is -1.26. The Kier molecular flexibility index (Phi) is 5.25. The molecule has 0 aliphatic heterocycles. The Morgan fingerprint density at radius 1 is 1.12 bits per heavy atom. The van der Waals surface area contributed by atoms with Crippen LogP contribution in [0.25, 0.3) is 0 Å². The average Bonchev–Trinajstić information content (AvgIpc) is 2.34. The topological polar surface area (TPSA) is 53.7 Å². The molecular formula is C13H21NO3. The van der Waals surface area contributed by atoms with Crippen molar-refractivity contribution in [2.75, 3.05) is 20.8 Å². The molecule has 0 saturated carbocycles. The van der Waals surface area contributed by atoms with Crippen LogP contribution in [-0.2, 0) is 4.74 Å². The first kappa shape index (κ1) is 13.8. The van der Waals surface area contributed by atoms with Crippen LogP contribution in [-0.4, -0.2) is 26.9 Å². The number of ether oxygens (including phenoxy) is 3. The number of hydrogen-bond donors (Lipinski definition) is 1. The maximum absolute atomic E-state index is 5.74. The minimum atomic E-state index is -0.116. The van der Waals surface area contributed by atoms with Crippen LogP contribution in [0.3, 0.4) is 0 Å². The van der Waals surface area contributed by atoms with E-state index in [0.717, 1.165) is 5.56 Å². The van der Waals surface area contributed by atoms with Crippen molar-refractivity contribution in [1.82, 2.24) is 0 Å². The predicted molar refractivity (Wildman–Crippen MR) is 67.6 cm³/mol. The third-order valence-corrected chi connectivity index (χ3v) is 2.43. The van der Waals surface area contributed by atoms with Gasteiger partial charge in [-0.05, 0) is 31.5 Å². The molecule has 0 aromatic heterocycles. The molecule has 0 saturated heterocycles. The fraction of sp³-hybridized carbons (Fsp3) is 0.538. The minimum absolute atomic E-state index is 0.116. The summed E-state index contributed by atoms with van der Waals surface area (Å²) < 4.78 is 16.2. The first-order valence-corrected chi connectivity index (χ1v) is 5.69. The number of methoxy groups -OCH3 is 2. The van der Waals surface area contributed by atoms with Crippen molar-refractivity contribution in [3.05, 3.63) is 23.8 Å². The van der Waals surface area contributed by atoms with Crippen molar-refractivity contribution in [2.45, 2.75) is 26.1 Å². The van der Waals surface area contributed by atoms with Crippen LogP contribution in [0.1, 0.15) is 25.5 Å². The summed E-state index contributed by atoms with van der Waals surface area (Å²) in [5.41, 5.74) is 6.72. The van der Waals surface area contributed by atoms with Crippen LogP contribution in [0, 0.1) is 0 Å². The van der Waals surface area contributed by atoms with Gasteiger partial charge in [-0.25, -0.2) is 0 Å². The molecule has 4 nitrogen and oxygen atoms in total. The molecule has 0 amide bonds. The van der Waals surface area contributed by atoms with Crippen molar-refractivity contribution in [2.24, 2.45) is 5.73 Å². The molecule has 4 heteroatoms. The van der Waals surface area contributed by atoms with E-state index in [9.17, 15) is 0 Å². The van der Waals surface area contributed by atoms with Crippen LogP contribution >= 0.6 is 0 Å². The van der Waals surface area contributed by atoms with Crippen molar-refractivity contribution in [3.8, 4) is 11.5 Å². The molecule has 17 heavy (non-hydrogen) atoms. The van der Waals surface area contributed by atoms with Crippen LogP contribution in [0.5, 0.6) is 11.5 Å². The lowest BCUT2D eigenvalue weighted by atomic mass is 10.1. The average molecular weight is 239 g/mol. The zero-order valence-corrected chi connectivity index (χ0v) is 10.9. The summed E-state index contributed by atoms with van der Waals surface area (Å²) in [6.07, 6.45) is 0.0199. The Morgan fingerprint density at radius 3 is 2.24 bits per heavy atom. The van der Waals surface area contributed by atoms with Gasteiger partial charge in [-0.15, -0.1) is 0 Å². The van der Waals surface area contributed by atoms with Gasteiger partial charge in [0.25, 0.3) is 0 Å². The molecule has 0 aliphatic carbocycles. The van der Waals surface area contributed by atoms with E-state index in [1.807, 2.05) is 32.0 Å². The Balaban J connectivity index is 2.96. The molecule has 1 atom stereocenters. The quantitative estimate of drug-likeness (QED) is 0.826. The lowest BCUT2D eigenvalue weighted by Crippen LogP contribution is -2.19. The molecule has 96 valence electrons. The molecule has 0 bridgehead atoms. The number of rotatable bonds is 6. The molecule has 0 spiro atoms. The van der Waals surface area contributed by atoms with Crippen LogP contribution in [0.15, 0.2) is 18.2 Å². The van der Waals surface area contributed by atoms with Crippen LogP contribution < -0.4 is 15.2 Å². The molecule has 1 aromatic carbocycles. The third kappa shape index (κ3) is 3.61. The zero-order chi connectivity index (χ0) is 12.8. The minimum Gasteiger partial charge on any atom is -0.493 e. The SMILES string of the molecule is COc1ccc([C@H](CN)OC(C)C)cc1OC. The highest BCUT2D eigenvalue weighted by atomic mass is 16.5. The Morgan fingerprint density at radius 2 is 1.76 bits per heavy atom. The molecule has 1 rings (SSSR count). The summed E-state index contributed by atoms with van der Waals surface area (Å²) in [5, 5.41) is 0. The summed E-state index contributed by atoms with van der Waals surface area (Å²) in [6, 6.07) is 5.71. The summed E-state index contributed by atoms with van der Waals surface area (Å²) >= 11 is 0. The lowest BCUT2D eigenvalue weighted by Gasteiger charge is -2.20. The first-order chi connectivity index (χ1) is 8.12. The van der Waals surface area contributed by atoms with Crippen molar-refractivity contribution >= 4 is 0 Å². The van der Waals surface area contributed by atoms with E-state index in [4.69, 9.17) is 19.9 Å². The Labute approximate surface area is 103 Å². The molecule has 0 unspecified atom stereocenters. The molecule has 0 fully saturated rings. The first-order valence-electron chi connectivity index (χ1n) is 5.69. The molecule has 1 aromatic rings. The number of hydrogen-bond acceptors (Lipinski definition) is 4. The van der Waals surface area contributed by atoms with Gasteiger partial charge in [0.1, 0.15) is 0 Å². The predicted octanol–water partition coefficient (Wildman–Crippen LogP) is 2.13. The van der Waals surface area contributed by atoms with Gasteiger partial charge >= 0.3 is 0 Å². The van der Waals surface area contributed by atoms with E-state index in [0.29, 0.717) is 18.0 Å². The highest BCUT2D eigenvalue weighted by Crippen LogP contribution is 2.31. The van der Waals surface area contributed by atoms with Crippen molar-refractivity contribution < 1.29 is 14.2 Å². The summed E-state index contributed by atoms with van der Waals surface area (Å²) in [5.74, 6) is 1.40. The second-order valence-corrected chi connectivity index (χ2v) is 4.02.